The van der Waals surface area contributed by atoms with Gasteiger partial charge in [-0.2, -0.15) is 13.2 Å². The van der Waals surface area contributed by atoms with E-state index in [-0.39, 0.29) is 28.6 Å². The minimum absolute atomic E-state index is 0.0862. The molecule has 0 spiro atoms. The van der Waals surface area contributed by atoms with Crippen molar-refractivity contribution in [3.63, 3.8) is 0 Å². The van der Waals surface area contributed by atoms with Crippen LogP contribution in [-0.2, 0) is 19.2 Å². The van der Waals surface area contributed by atoms with E-state index in [0.29, 0.717) is 32.0 Å². The molecular formula is C27H39F3N2O4. The number of oxime groups is 2. The van der Waals surface area contributed by atoms with Crippen LogP contribution < -0.4 is 0 Å². The molecule has 0 N–H and O–H groups in total. The molecule has 7 unspecified atom stereocenters. The zero-order valence-corrected chi connectivity index (χ0v) is 22.0. The summed E-state index contributed by atoms with van der Waals surface area (Å²) in [7, 11) is 0. The standard InChI is InChI=1S/C27H39F3N2O4/c1-6-34-31-16(3)20-10-11-21-19-9-8-17-14-18(32-35-7-2)12-13-25(17,4)23(19)22(15-26(20,21)5)36-24(33)27(28,29)30/h14,19-23H,6-13,15H2,1-5H3/b31-16+,32-18+. The average Bonchev–Trinajstić information content (AvgIpc) is 3.17. The van der Waals surface area contributed by atoms with Crippen molar-refractivity contribution in [3.8, 4) is 0 Å². The van der Waals surface area contributed by atoms with Crippen molar-refractivity contribution in [2.75, 3.05) is 13.2 Å². The molecule has 36 heavy (non-hydrogen) atoms. The fraction of sp³-hybridized carbons (Fsp3) is 0.815. The maximum atomic E-state index is 13.4. The van der Waals surface area contributed by atoms with Crippen molar-refractivity contribution < 1.29 is 32.4 Å². The molecule has 0 saturated heterocycles. The van der Waals surface area contributed by atoms with Crippen molar-refractivity contribution in [2.45, 2.75) is 91.8 Å². The highest BCUT2D eigenvalue weighted by Crippen LogP contribution is 2.67. The Kier molecular flexibility index (Phi) is 7.50. The Morgan fingerprint density at radius 3 is 2.50 bits per heavy atom. The van der Waals surface area contributed by atoms with E-state index in [2.05, 4.69) is 30.2 Å². The van der Waals surface area contributed by atoms with Gasteiger partial charge in [0.1, 0.15) is 19.3 Å². The van der Waals surface area contributed by atoms with Gasteiger partial charge in [-0.3, -0.25) is 0 Å². The molecule has 3 saturated carbocycles. The first-order valence-corrected chi connectivity index (χ1v) is 13.3. The Bertz CT molecular complexity index is 946. The van der Waals surface area contributed by atoms with Crippen LogP contribution in [-0.4, -0.2) is 42.9 Å². The van der Waals surface area contributed by atoms with Crippen molar-refractivity contribution in [2.24, 2.45) is 44.8 Å². The second-order valence-electron chi connectivity index (χ2n) is 11.4. The fourth-order valence-electron chi connectivity index (χ4n) is 8.11. The van der Waals surface area contributed by atoms with Crippen LogP contribution in [0.25, 0.3) is 0 Å². The highest BCUT2D eigenvalue weighted by molar-refractivity contribution is 5.96. The molecule has 202 valence electrons. The third-order valence-electron chi connectivity index (χ3n) is 9.53. The summed E-state index contributed by atoms with van der Waals surface area (Å²) in [5.74, 6) is -1.66. The fourth-order valence-corrected chi connectivity index (χ4v) is 8.11. The Morgan fingerprint density at radius 2 is 1.83 bits per heavy atom. The van der Waals surface area contributed by atoms with Gasteiger partial charge in [0, 0.05) is 11.8 Å². The molecule has 0 amide bonds. The normalized spacial score (nSPS) is 39.6. The molecule has 3 fully saturated rings. The topological polar surface area (TPSA) is 69.5 Å². The van der Waals surface area contributed by atoms with Crippen LogP contribution in [0.1, 0.15) is 79.6 Å². The van der Waals surface area contributed by atoms with E-state index >= 15 is 0 Å². The molecule has 0 heterocycles. The maximum absolute atomic E-state index is 13.4. The molecule has 4 rings (SSSR count). The van der Waals surface area contributed by atoms with Gasteiger partial charge in [0.15, 0.2) is 0 Å². The lowest BCUT2D eigenvalue weighted by Gasteiger charge is -2.60. The molecular weight excluding hydrogens is 473 g/mol. The van der Waals surface area contributed by atoms with Gasteiger partial charge >= 0.3 is 12.1 Å². The Balaban J connectivity index is 1.72. The van der Waals surface area contributed by atoms with Crippen LogP contribution in [0.3, 0.4) is 0 Å². The third-order valence-corrected chi connectivity index (χ3v) is 9.53. The van der Waals surface area contributed by atoms with E-state index in [1.54, 1.807) is 0 Å². The number of esters is 1. The molecule has 4 aliphatic carbocycles. The van der Waals surface area contributed by atoms with E-state index in [0.717, 1.165) is 43.5 Å². The van der Waals surface area contributed by atoms with Gasteiger partial charge in [0.25, 0.3) is 0 Å². The first-order chi connectivity index (χ1) is 17.0. The number of rotatable bonds is 6. The minimum atomic E-state index is -5.02. The SMILES string of the molecule is CCO/N=C1/C=C2CCC3C(C(OC(=O)C(F)(F)F)CC4(C)C(/C(C)=N/OCC)CCC34)C2(C)CC1. The Morgan fingerprint density at radius 1 is 1.11 bits per heavy atom. The largest absolute Gasteiger partial charge is 0.490 e. The lowest BCUT2D eigenvalue weighted by molar-refractivity contribution is -0.220. The lowest BCUT2D eigenvalue weighted by Crippen LogP contribution is -2.58. The summed E-state index contributed by atoms with van der Waals surface area (Å²) in [5, 5.41) is 8.52. The number of nitrogens with zero attached hydrogens (tertiary/aromatic N) is 2. The summed E-state index contributed by atoms with van der Waals surface area (Å²) >= 11 is 0. The molecule has 0 aromatic heterocycles. The highest BCUT2D eigenvalue weighted by atomic mass is 19.4. The van der Waals surface area contributed by atoms with Crippen LogP contribution in [0.2, 0.25) is 0 Å². The number of fused-ring (bicyclic) bond motifs is 5. The van der Waals surface area contributed by atoms with Crippen LogP contribution >= 0.6 is 0 Å². The van der Waals surface area contributed by atoms with Crippen LogP contribution in [0, 0.1) is 34.5 Å². The lowest BCUT2D eigenvalue weighted by atomic mass is 9.45. The van der Waals surface area contributed by atoms with Gasteiger partial charge in [-0.25, -0.2) is 4.79 Å². The molecule has 0 aromatic rings. The smallest absolute Gasteiger partial charge is 0.455 e. The van der Waals surface area contributed by atoms with Crippen molar-refractivity contribution in [1.82, 2.24) is 0 Å². The summed E-state index contributed by atoms with van der Waals surface area (Å²) in [4.78, 5) is 22.7. The number of allylic oxidation sites excluding steroid dienone is 2. The van der Waals surface area contributed by atoms with E-state index in [1.165, 1.54) is 5.57 Å². The quantitative estimate of drug-likeness (QED) is 0.233. The zero-order valence-electron chi connectivity index (χ0n) is 22.0. The molecule has 0 bridgehead atoms. The molecule has 6 nitrogen and oxygen atoms in total. The van der Waals surface area contributed by atoms with Gasteiger partial charge in [-0.15, -0.1) is 0 Å². The monoisotopic (exact) mass is 512 g/mol. The van der Waals surface area contributed by atoms with E-state index in [4.69, 9.17) is 14.4 Å². The highest BCUT2D eigenvalue weighted by Gasteiger charge is 2.64. The van der Waals surface area contributed by atoms with Gasteiger partial charge in [-0.05, 0) is 94.5 Å². The summed E-state index contributed by atoms with van der Waals surface area (Å²) in [6.07, 6.45) is 1.71. The molecule has 0 aliphatic heterocycles. The van der Waals surface area contributed by atoms with Crippen LogP contribution in [0.5, 0.6) is 0 Å². The van der Waals surface area contributed by atoms with Gasteiger partial charge < -0.3 is 14.4 Å². The minimum Gasteiger partial charge on any atom is -0.455 e. The average molecular weight is 513 g/mol. The summed E-state index contributed by atoms with van der Waals surface area (Å²) in [5.41, 5.74) is 2.28. The van der Waals surface area contributed by atoms with Gasteiger partial charge in [0.2, 0.25) is 0 Å². The molecule has 4 aliphatic rings. The predicted molar refractivity (Wildman–Crippen MR) is 130 cm³/mol. The van der Waals surface area contributed by atoms with Crippen molar-refractivity contribution in [3.05, 3.63) is 11.6 Å². The van der Waals surface area contributed by atoms with Crippen LogP contribution in [0.4, 0.5) is 13.2 Å². The molecule has 0 aromatic carbocycles. The number of ether oxygens (including phenoxy) is 1. The van der Waals surface area contributed by atoms with Gasteiger partial charge in [0.05, 0.1) is 11.4 Å². The summed E-state index contributed by atoms with van der Waals surface area (Å²) in [6, 6.07) is 0. The second kappa shape index (κ2) is 10.0. The second-order valence-corrected chi connectivity index (χ2v) is 11.4. The molecule has 9 heteroatoms. The van der Waals surface area contributed by atoms with Crippen molar-refractivity contribution in [1.29, 1.82) is 0 Å². The number of hydrogen-bond donors (Lipinski definition) is 0. The number of halogens is 3. The zero-order chi connectivity index (χ0) is 26.3. The van der Waals surface area contributed by atoms with Gasteiger partial charge in [-0.1, -0.05) is 29.7 Å². The molecule has 0 radical (unpaired) electrons. The van der Waals surface area contributed by atoms with E-state index in [1.807, 2.05) is 20.8 Å². The third kappa shape index (κ3) is 4.67. The number of hydrogen-bond acceptors (Lipinski definition) is 6. The number of carbonyl (C=O) groups is 1. The summed E-state index contributed by atoms with van der Waals surface area (Å²) in [6.45, 7) is 10.9. The van der Waals surface area contributed by atoms with Crippen LogP contribution in [0.15, 0.2) is 22.0 Å². The number of alkyl halides is 3. The molecule has 7 atom stereocenters. The maximum Gasteiger partial charge on any atom is 0.490 e. The number of carbonyl (C=O) groups excluding carboxylic acids is 1. The first kappa shape index (κ1) is 27.0. The van der Waals surface area contributed by atoms with E-state index in [9.17, 15) is 18.0 Å². The first-order valence-electron chi connectivity index (χ1n) is 13.3. The van der Waals surface area contributed by atoms with E-state index < -0.39 is 18.2 Å². The van der Waals surface area contributed by atoms with Crippen molar-refractivity contribution >= 4 is 17.4 Å². The predicted octanol–water partition coefficient (Wildman–Crippen LogP) is 6.45. The summed E-state index contributed by atoms with van der Waals surface area (Å²) < 4.78 is 45.5. The Hall–Kier alpha value is -2.06. The Labute approximate surface area is 211 Å².